The van der Waals surface area contributed by atoms with E-state index in [0.717, 1.165) is 0 Å². The molecule has 0 fully saturated rings. The van der Waals surface area contributed by atoms with Gasteiger partial charge in [-0.15, -0.1) is 66.5 Å². The van der Waals surface area contributed by atoms with Crippen molar-refractivity contribution in [2.45, 2.75) is 174 Å². The third-order valence-electron chi connectivity index (χ3n) is 20.4. The summed E-state index contributed by atoms with van der Waals surface area (Å²) in [5.41, 5.74) is 17.1. The molecule has 0 aliphatic rings. The lowest BCUT2D eigenvalue weighted by Gasteiger charge is -2.79. The van der Waals surface area contributed by atoms with Gasteiger partial charge in [-0.3, -0.25) is 0 Å². The lowest BCUT2D eigenvalue weighted by atomic mass is 9.98. The summed E-state index contributed by atoms with van der Waals surface area (Å²) in [4.78, 5) is 0. The Balaban J connectivity index is 2.09. The van der Waals surface area contributed by atoms with Crippen molar-refractivity contribution in [3.63, 3.8) is 0 Å². The molecule has 0 aromatic heterocycles. The van der Waals surface area contributed by atoms with Crippen molar-refractivity contribution in [2.75, 3.05) is 0 Å². The zero-order chi connectivity index (χ0) is 66.9. The molecule has 8 rings (SSSR count). The molecule has 2 nitrogen and oxygen atoms in total. The van der Waals surface area contributed by atoms with Crippen molar-refractivity contribution >= 4 is 164 Å². The second-order valence-electron chi connectivity index (χ2n) is 29.8. The number of benzene rings is 8. The molecule has 0 amide bonds. The van der Waals surface area contributed by atoms with Gasteiger partial charge in [-0.1, -0.05) is 394 Å². The molecule has 4 N–H and O–H groups in total. The van der Waals surface area contributed by atoms with Crippen molar-refractivity contribution in [2.24, 2.45) is 11.5 Å². The van der Waals surface area contributed by atoms with E-state index in [4.69, 9.17) is 66.5 Å². The molecular weight excluding hydrogens is 1350 g/mol. The summed E-state index contributed by atoms with van der Waals surface area (Å²) in [6, 6.07) is 85.4. The van der Waals surface area contributed by atoms with Gasteiger partial charge in [0.2, 0.25) is 0 Å². The van der Waals surface area contributed by atoms with E-state index in [9.17, 15) is 11.5 Å². The van der Waals surface area contributed by atoms with Gasteiger partial charge in [0.05, 0.1) is 0 Å². The molecule has 0 aliphatic heterocycles. The SMILES string of the molecule is CCCC(N)(C[Si](Cl)(Cl)Cl)C(SC(C(N)(CCC)C[Si](Cl)(Cl)Cl)([Si](c1ccccc1)(c1ccccc1)C(C)(C)C)[Si](c1ccccc1)(c1ccccc1)C(C)(C)C)([Si](c1ccccc1)(c1ccccc1)C(C)(C)C)[Si](c1ccccc1)(c1ccccc1)C(C)(C)C. The van der Waals surface area contributed by atoms with Crippen LogP contribution in [0.1, 0.15) is 123 Å². The molecule has 484 valence electrons. The zero-order valence-corrected chi connectivity index (χ0v) is 67.5. The monoisotopic (exact) mass is 1450 g/mol. The largest absolute Gasteiger partial charge is 0.343 e. The molecule has 0 heterocycles. The van der Waals surface area contributed by atoms with Gasteiger partial charge in [-0.05, 0) is 33.0 Å². The van der Waals surface area contributed by atoms with Crippen molar-refractivity contribution in [3.8, 4) is 0 Å². The fraction of sp³-hybridized carbons (Fsp3) is 0.368. The fourth-order valence-electron chi connectivity index (χ4n) is 18.6. The van der Waals surface area contributed by atoms with E-state index >= 15 is 0 Å². The van der Waals surface area contributed by atoms with Gasteiger partial charge in [-0.2, -0.15) is 11.8 Å². The quantitative estimate of drug-likeness (QED) is 0.0468. The van der Waals surface area contributed by atoms with Gasteiger partial charge in [-0.25, -0.2) is 0 Å². The molecule has 0 aliphatic carbocycles. The summed E-state index contributed by atoms with van der Waals surface area (Å²) in [6.07, 6.45) is 2.36. The van der Waals surface area contributed by atoms with Crippen LogP contribution in [0.2, 0.25) is 32.2 Å². The normalized spacial score (nSPS) is 15.2. The Labute approximate surface area is 586 Å². The molecule has 0 spiro atoms. The highest BCUT2D eigenvalue weighted by Crippen LogP contribution is 2.73. The molecule has 0 saturated heterocycles. The minimum absolute atomic E-state index is 0.128. The molecule has 2 unspecified atom stereocenters. The summed E-state index contributed by atoms with van der Waals surface area (Å²) >= 11 is 51.1. The van der Waals surface area contributed by atoms with E-state index in [1.807, 2.05) is 0 Å². The maximum absolute atomic E-state index is 9.95. The maximum Gasteiger partial charge on any atom is 0.343 e. The van der Waals surface area contributed by atoms with Crippen LogP contribution in [0.25, 0.3) is 0 Å². The predicted octanol–water partition coefficient (Wildman–Crippen LogP) is 17.9. The molecule has 91 heavy (non-hydrogen) atoms. The molecule has 15 heteroatoms. The number of hydrogen-bond donors (Lipinski definition) is 2. The van der Waals surface area contributed by atoms with E-state index in [1.54, 1.807) is 0 Å². The summed E-state index contributed by atoms with van der Waals surface area (Å²) in [7, 11) is -16.9. The Morgan fingerprint density at radius 2 is 0.418 bits per heavy atom. The van der Waals surface area contributed by atoms with E-state index in [0.29, 0.717) is 25.7 Å². The fourth-order valence-corrected chi connectivity index (χ4v) is 76.9. The van der Waals surface area contributed by atoms with Crippen molar-refractivity contribution in [1.29, 1.82) is 0 Å². The molecule has 0 bridgehead atoms. The van der Waals surface area contributed by atoms with E-state index in [1.165, 1.54) is 41.5 Å². The highest BCUT2D eigenvalue weighted by molar-refractivity contribution is 8.11. The van der Waals surface area contributed by atoms with Gasteiger partial charge in [0.15, 0.2) is 0 Å². The topological polar surface area (TPSA) is 52.0 Å². The Hall–Kier alpha value is -2.93. The highest BCUT2D eigenvalue weighted by atomic mass is 35.8. The lowest BCUT2D eigenvalue weighted by Crippen LogP contribution is -3.02. The van der Waals surface area contributed by atoms with Gasteiger partial charge in [0.25, 0.3) is 0 Å². The number of thioether (sulfide) groups is 1. The molecule has 8 aromatic rings. The average molecular weight is 1450 g/mol. The third-order valence-corrected chi connectivity index (χ3v) is 60.5. The number of halogens is 6. The van der Waals surface area contributed by atoms with E-state index < -0.39 is 83.5 Å². The number of nitrogens with two attached hydrogens (primary N) is 2. The summed E-state index contributed by atoms with van der Waals surface area (Å²) in [5.74, 6) is 0. The van der Waals surface area contributed by atoms with Crippen molar-refractivity contribution < 1.29 is 0 Å². The van der Waals surface area contributed by atoms with Crippen LogP contribution in [0.4, 0.5) is 0 Å². The average Bonchev–Trinajstić information content (AvgIpc) is 0.630. The van der Waals surface area contributed by atoms with E-state index in [-0.39, 0.29) is 12.1 Å². The Morgan fingerprint density at radius 3 is 0.527 bits per heavy atom. The molecular formula is C76H98Cl6N2SSi6. The van der Waals surface area contributed by atoms with Crippen LogP contribution in [0.15, 0.2) is 243 Å². The van der Waals surface area contributed by atoms with Crippen LogP contribution in [0.3, 0.4) is 0 Å². The second kappa shape index (κ2) is 27.9. The number of rotatable bonds is 24. The first-order valence-electron chi connectivity index (χ1n) is 32.4. The van der Waals surface area contributed by atoms with Crippen molar-refractivity contribution in [1.82, 2.24) is 0 Å². The first-order valence-corrected chi connectivity index (χ1v) is 51.7. The van der Waals surface area contributed by atoms with Gasteiger partial charge in [0, 0.05) is 31.2 Å². The van der Waals surface area contributed by atoms with Crippen LogP contribution in [-0.2, 0) is 0 Å². The minimum Gasteiger partial charge on any atom is -0.324 e. The summed E-state index contributed by atoms with van der Waals surface area (Å²) in [5, 5.41) is 7.43. The van der Waals surface area contributed by atoms with Crippen LogP contribution >= 0.6 is 78.2 Å². The molecule has 0 saturated carbocycles. The Morgan fingerprint density at radius 1 is 0.275 bits per heavy atom. The van der Waals surface area contributed by atoms with Gasteiger partial charge < -0.3 is 11.5 Å². The predicted molar refractivity (Wildman–Crippen MR) is 423 cm³/mol. The van der Waals surface area contributed by atoms with Gasteiger partial charge >= 0.3 is 12.0 Å². The highest BCUT2D eigenvalue weighted by Gasteiger charge is 2.88. The van der Waals surface area contributed by atoms with Crippen LogP contribution in [0, 0.1) is 0 Å². The smallest absolute Gasteiger partial charge is 0.324 e. The molecule has 8 aromatic carbocycles. The first-order chi connectivity index (χ1) is 42.6. The summed E-state index contributed by atoms with van der Waals surface area (Å²) < 4.78 is -2.54. The minimum atomic E-state index is -4.21. The van der Waals surface area contributed by atoms with Crippen LogP contribution in [-0.4, -0.2) is 63.4 Å². The zero-order valence-electron chi connectivity index (χ0n) is 56.2. The van der Waals surface area contributed by atoms with Crippen LogP contribution < -0.4 is 53.0 Å². The van der Waals surface area contributed by atoms with Gasteiger partial charge in [0.1, 0.15) is 32.3 Å². The Bertz CT molecular complexity index is 3000. The Kier molecular flexibility index (Phi) is 22.6. The second-order valence-corrected chi connectivity index (χ2v) is 71.6. The van der Waals surface area contributed by atoms with Crippen LogP contribution in [0.5, 0.6) is 0 Å². The lowest BCUT2D eigenvalue weighted by molar-refractivity contribution is 0.392. The first kappa shape index (κ1) is 73.9. The van der Waals surface area contributed by atoms with E-state index in [2.05, 4.69) is 351 Å². The standard InChI is InChI=1S/C76H98Cl6N2SSi6/c1-15-57-73(83,59-86(77,78)79)75(88(69(3,4)5,61-41-25-17-26-42-61)62-43-27-18-28-44-62,89(70(6,7)8,63-45-29-19-30-46-63)64-47-31-20-32-48-64)85-76(74(84,58-16-2)60-87(80,81)82,90(71(9,10)11,65-49-33-21-34-50-65)66-51-35-22-36-52-66)91(72(12,13)14,67-53-37-23-38-54-67)68-55-39-24-40-56-68/h17-56H,15-16,57-60,83-84H2,1-14H3. The molecule has 2 atom stereocenters. The maximum atomic E-state index is 9.95. The number of hydrogen-bond acceptors (Lipinski definition) is 3. The summed E-state index contributed by atoms with van der Waals surface area (Å²) in [6.45, 7) is 35.0. The third kappa shape index (κ3) is 12.4. The molecule has 0 radical (unpaired) electrons. The van der Waals surface area contributed by atoms with Crippen molar-refractivity contribution in [3.05, 3.63) is 243 Å².